The molecule has 1 aliphatic heterocycles. The van der Waals surface area contributed by atoms with Gasteiger partial charge in [-0.15, -0.1) is 0 Å². The number of pyridine rings is 2. The van der Waals surface area contributed by atoms with Gasteiger partial charge in [0.1, 0.15) is 23.7 Å². The number of nitrogens with zero attached hydrogens (tertiary/aromatic N) is 3. The summed E-state index contributed by atoms with van der Waals surface area (Å²) in [4.78, 5) is 34.4. The number of benzene rings is 2. The SMILES string of the molecule is CC(C)c1cccc(C(C)C)c1NC(=O)Nc1c(-c2cccc(OCCN3CCCCC3)c2)c2cccnc2n(C)c1=O. The standard InChI is InChI=1S/C35H43N5O3/c1-23(2)27-14-10-15-28(24(3)4)31(27)37-35(42)38-32-30(29-16-11-17-36-33(29)39(5)34(32)41)25-12-9-13-26(22-25)43-21-20-40-18-7-6-8-19-40/h9-17,22-24H,6-8,18-21H2,1-5H3,(H2,37,38,42). The van der Waals surface area contributed by atoms with Crippen LogP contribution in [0, 0.1) is 0 Å². The van der Waals surface area contributed by atoms with Crippen LogP contribution >= 0.6 is 0 Å². The normalized spacial score (nSPS) is 13.9. The van der Waals surface area contributed by atoms with Crippen LogP contribution in [0.1, 0.15) is 69.9 Å². The zero-order valence-corrected chi connectivity index (χ0v) is 25.9. The second kappa shape index (κ2) is 13.4. The van der Waals surface area contributed by atoms with E-state index in [4.69, 9.17) is 4.74 Å². The fraction of sp³-hybridized carbons (Fsp3) is 0.400. The Labute approximate surface area is 254 Å². The van der Waals surface area contributed by atoms with Crippen molar-refractivity contribution >= 4 is 28.4 Å². The van der Waals surface area contributed by atoms with Gasteiger partial charge in [0.25, 0.3) is 5.56 Å². The molecule has 226 valence electrons. The minimum absolute atomic E-state index is 0.194. The van der Waals surface area contributed by atoms with Crippen molar-refractivity contribution in [2.24, 2.45) is 7.05 Å². The third-order valence-corrected chi connectivity index (χ3v) is 8.24. The molecule has 0 saturated carbocycles. The molecule has 43 heavy (non-hydrogen) atoms. The van der Waals surface area contributed by atoms with E-state index >= 15 is 0 Å². The van der Waals surface area contributed by atoms with Crippen LogP contribution in [0.25, 0.3) is 22.2 Å². The third-order valence-electron chi connectivity index (χ3n) is 8.24. The third kappa shape index (κ3) is 6.75. The highest BCUT2D eigenvalue weighted by atomic mass is 16.5. The van der Waals surface area contributed by atoms with Crippen LogP contribution in [0.5, 0.6) is 5.75 Å². The van der Waals surface area contributed by atoms with E-state index in [1.807, 2.05) is 54.6 Å². The number of ether oxygens (including phenoxy) is 1. The maximum atomic E-state index is 13.8. The Balaban J connectivity index is 1.50. The minimum Gasteiger partial charge on any atom is -0.492 e. The Kier molecular flexibility index (Phi) is 9.46. The first-order chi connectivity index (χ1) is 20.7. The van der Waals surface area contributed by atoms with E-state index in [1.54, 1.807) is 13.2 Å². The second-order valence-corrected chi connectivity index (χ2v) is 12.0. The molecule has 8 heteroatoms. The molecule has 0 atom stereocenters. The number of hydrogen-bond acceptors (Lipinski definition) is 5. The monoisotopic (exact) mass is 581 g/mol. The van der Waals surface area contributed by atoms with Crippen molar-refractivity contribution in [2.45, 2.75) is 58.8 Å². The van der Waals surface area contributed by atoms with Crippen molar-refractivity contribution in [3.8, 4) is 16.9 Å². The molecule has 0 radical (unpaired) electrons. The molecule has 5 rings (SSSR count). The number of aryl methyl sites for hydroxylation is 1. The zero-order valence-electron chi connectivity index (χ0n) is 25.9. The smallest absolute Gasteiger partial charge is 0.323 e. The number of rotatable bonds is 9. The van der Waals surface area contributed by atoms with Crippen LogP contribution in [0.3, 0.4) is 0 Å². The van der Waals surface area contributed by atoms with Crippen molar-refractivity contribution in [1.82, 2.24) is 14.5 Å². The van der Waals surface area contributed by atoms with Gasteiger partial charge >= 0.3 is 6.03 Å². The fourth-order valence-corrected chi connectivity index (χ4v) is 5.95. The van der Waals surface area contributed by atoms with Crippen LogP contribution in [-0.4, -0.2) is 46.7 Å². The number of hydrogen-bond donors (Lipinski definition) is 2. The first-order valence-electron chi connectivity index (χ1n) is 15.4. The maximum absolute atomic E-state index is 13.8. The molecule has 0 unspecified atom stereocenters. The molecule has 2 amide bonds. The molecule has 1 fully saturated rings. The maximum Gasteiger partial charge on any atom is 0.323 e. The molecule has 1 aliphatic rings. The number of para-hydroxylation sites is 1. The van der Waals surface area contributed by atoms with Gasteiger partial charge in [-0.3, -0.25) is 14.3 Å². The van der Waals surface area contributed by atoms with Crippen LogP contribution < -0.4 is 20.9 Å². The van der Waals surface area contributed by atoms with Gasteiger partial charge in [-0.1, -0.05) is 64.4 Å². The van der Waals surface area contributed by atoms with Crippen molar-refractivity contribution in [1.29, 1.82) is 0 Å². The zero-order chi connectivity index (χ0) is 30.5. The Morgan fingerprint density at radius 1 is 0.907 bits per heavy atom. The van der Waals surface area contributed by atoms with Crippen LogP contribution in [0.4, 0.5) is 16.2 Å². The van der Waals surface area contributed by atoms with Gasteiger partial charge < -0.3 is 15.4 Å². The minimum atomic E-state index is -0.467. The summed E-state index contributed by atoms with van der Waals surface area (Å²) >= 11 is 0. The Hall–Kier alpha value is -4.17. The lowest BCUT2D eigenvalue weighted by atomic mass is 9.93. The molecule has 0 spiro atoms. The van der Waals surface area contributed by atoms with Gasteiger partial charge in [0, 0.05) is 36.4 Å². The highest BCUT2D eigenvalue weighted by molar-refractivity contribution is 6.07. The predicted octanol–water partition coefficient (Wildman–Crippen LogP) is 7.36. The molecule has 4 aromatic rings. The second-order valence-electron chi connectivity index (χ2n) is 12.0. The van der Waals surface area contributed by atoms with Gasteiger partial charge in [-0.05, 0) is 78.7 Å². The molecule has 2 aromatic heterocycles. The van der Waals surface area contributed by atoms with E-state index in [0.29, 0.717) is 17.8 Å². The van der Waals surface area contributed by atoms with E-state index in [9.17, 15) is 9.59 Å². The Morgan fingerprint density at radius 3 is 2.28 bits per heavy atom. The molecule has 1 saturated heterocycles. The number of likely N-dealkylation sites (tertiary alicyclic amines) is 1. The summed E-state index contributed by atoms with van der Waals surface area (Å²) in [6.45, 7) is 12.1. The number of carbonyl (C=O) groups excluding carboxylic acids is 1. The summed E-state index contributed by atoms with van der Waals surface area (Å²) < 4.78 is 7.65. The molecule has 0 aliphatic carbocycles. The van der Waals surface area contributed by atoms with Crippen molar-refractivity contribution in [2.75, 3.05) is 36.9 Å². The van der Waals surface area contributed by atoms with Gasteiger partial charge in [-0.2, -0.15) is 0 Å². The largest absolute Gasteiger partial charge is 0.492 e. The molecule has 3 heterocycles. The number of fused-ring (bicyclic) bond motifs is 1. The fourth-order valence-electron chi connectivity index (χ4n) is 5.95. The summed E-state index contributed by atoms with van der Waals surface area (Å²) in [5, 5.41) is 6.79. The molecule has 2 aromatic carbocycles. The van der Waals surface area contributed by atoms with Crippen molar-refractivity contribution in [3.05, 3.63) is 82.3 Å². The van der Waals surface area contributed by atoms with E-state index in [2.05, 4.69) is 48.2 Å². The van der Waals surface area contributed by atoms with Crippen LogP contribution in [-0.2, 0) is 7.05 Å². The lowest BCUT2D eigenvalue weighted by molar-refractivity contribution is 0.183. The average molecular weight is 582 g/mol. The quantitative estimate of drug-likeness (QED) is 0.216. The lowest BCUT2D eigenvalue weighted by Gasteiger charge is -2.26. The number of carbonyl (C=O) groups is 1. The number of anilines is 2. The van der Waals surface area contributed by atoms with E-state index < -0.39 is 6.03 Å². The highest BCUT2D eigenvalue weighted by Crippen LogP contribution is 2.36. The summed E-state index contributed by atoms with van der Waals surface area (Å²) in [6, 6.07) is 17.1. The first-order valence-corrected chi connectivity index (χ1v) is 15.4. The number of aromatic nitrogens is 2. The number of piperidine rings is 1. The average Bonchev–Trinajstić information content (AvgIpc) is 3.00. The first kappa shape index (κ1) is 30.3. The van der Waals surface area contributed by atoms with E-state index in [0.717, 1.165) is 53.1 Å². The van der Waals surface area contributed by atoms with Gasteiger partial charge in [0.15, 0.2) is 0 Å². The van der Waals surface area contributed by atoms with E-state index in [-0.39, 0.29) is 23.1 Å². The summed E-state index contributed by atoms with van der Waals surface area (Å²) in [5.41, 5.74) is 4.66. The molecule has 8 nitrogen and oxygen atoms in total. The van der Waals surface area contributed by atoms with Crippen molar-refractivity contribution < 1.29 is 9.53 Å². The lowest BCUT2D eigenvalue weighted by Crippen LogP contribution is -2.33. The number of nitrogens with one attached hydrogen (secondary N) is 2. The Bertz CT molecular complexity index is 1630. The molecular formula is C35H43N5O3. The number of urea groups is 1. The van der Waals surface area contributed by atoms with Crippen molar-refractivity contribution in [3.63, 3.8) is 0 Å². The Morgan fingerprint density at radius 2 is 1.58 bits per heavy atom. The van der Waals surface area contributed by atoms with Gasteiger partial charge in [-0.25, -0.2) is 9.78 Å². The predicted molar refractivity (Wildman–Crippen MR) is 175 cm³/mol. The summed E-state index contributed by atoms with van der Waals surface area (Å²) in [6.07, 6.45) is 5.45. The van der Waals surface area contributed by atoms with Gasteiger partial charge in [0.05, 0.1) is 0 Å². The van der Waals surface area contributed by atoms with Crippen LogP contribution in [0.15, 0.2) is 65.6 Å². The molecule has 2 N–H and O–H groups in total. The van der Waals surface area contributed by atoms with Crippen LogP contribution in [0.2, 0.25) is 0 Å². The topological polar surface area (TPSA) is 88.5 Å². The summed E-state index contributed by atoms with van der Waals surface area (Å²) in [5.74, 6) is 1.14. The highest BCUT2D eigenvalue weighted by Gasteiger charge is 2.22. The van der Waals surface area contributed by atoms with Gasteiger partial charge in [0.2, 0.25) is 0 Å². The molecular weight excluding hydrogens is 538 g/mol. The molecule has 0 bridgehead atoms. The number of amides is 2. The summed E-state index contributed by atoms with van der Waals surface area (Å²) in [7, 11) is 1.68. The van der Waals surface area contributed by atoms with E-state index in [1.165, 1.54) is 23.8 Å².